The molecule has 1 saturated heterocycles. The molecule has 5 heteroatoms. The van der Waals surface area contributed by atoms with Crippen LogP contribution in [0.3, 0.4) is 0 Å². The van der Waals surface area contributed by atoms with E-state index in [2.05, 4.69) is 17.1 Å². The first kappa shape index (κ1) is 17.6. The molecule has 0 aromatic heterocycles. The van der Waals surface area contributed by atoms with Gasteiger partial charge in [0.2, 0.25) is 0 Å². The van der Waals surface area contributed by atoms with Gasteiger partial charge in [-0.05, 0) is 50.4 Å². The van der Waals surface area contributed by atoms with Gasteiger partial charge in [-0.3, -0.25) is 4.79 Å². The smallest absolute Gasteiger partial charge is 0.252 e. The van der Waals surface area contributed by atoms with Gasteiger partial charge in [0.05, 0.1) is 10.6 Å². The Morgan fingerprint density at radius 1 is 1.36 bits per heavy atom. The molecular formula is C17H24Cl2N2O. The fourth-order valence-corrected chi connectivity index (χ4v) is 3.56. The Bertz CT molecular complexity index is 507. The van der Waals surface area contributed by atoms with Crippen molar-refractivity contribution in [1.82, 2.24) is 10.2 Å². The molecule has 0 saturated carbocycles. The number of amides is 1. The second-order valence-corrected chi connectivity index (χ2v) is 6.67. The third-order valence-corrected chi connectivity index (χ3v) is 4.85. The molecule has 1 heterocycles. The Labute approximate surface area is 143 Å². The van der Waals surface area contributed by atoms with Gasteiger partial charge in [0, 0.05) is 24.2 Å². The van der Waals surface area contributed by atoms with Crippen LogP contribution in [0, 0.1) is 0 Å². The van der Waals surface area contributed by atoms with Crippen molar-refractivity contribution in [3.05, 3.63) is 33.8 Å². The largest absolute Gasteiger partial charge is 0.352 e. The van der Waals surface area contributed by atoms with Gasteiger partial charge in [0.15, 0.2) is 0 Å². The molecule has 1 N–H and O–H groups in total. The highest BCUT2D eigenvalue weighted by molar-refractivity contribution is 6.36. The number of hydrogen-bond acceptors (Lipinski definition) is 2. The molecule has 22 heavy (non-hydrogen) atoms. The summed E-state index contributed by atoms with van der Waals surface area (Å²) < 4.78 is 0. The van der Waals surface area contributed by atoms with Crippen molar-refractivity contribution in [2.24, 2.45) is 0 Å². The Morgan fingerprint density at radius 2 is 2.18 bits per heavy atom. The van der Waals surface area contributed by atoms with Crippen LogP contribution in [0.5, 0.6) is 0 Å². The molecule has 3 nitrogen and oxygen atoms in total. The summed E-state index contributed by atoms with van der Waals surface area (Å²) in [5, 5.41) is 3.87. The van der Waals surface area contributed by atoms with Crippen LogP contribution < -0.4 is 5.32 Å². The van der Waals surface area contributed by atoms with E-state index in [1.54, 1.807) is 18.2 Å². The van der Waals surface area contributed by atoms with Gasteiger partial charge in [-0.15, -0.1) is 0 Å². The minimum absolute atomic E-state index is 0.132. The van der Waals surface area contributed by atoms with E-state index < -0.39 is 0 Å². The zero-order chi connectivity index (χ0) is 15.9. The van der Waals surface area contributed by atoms with Gasteiger partial charge in [0.1, 0.15) is 0 Å². The number of halogens is 2. The lowest BCUT2D eigenvalue weighted by Gasteiger charge is -2.35. The molecule has 0 spiro atoms. The molecule has 1 amide bonds. The standard InChI is InChI=1S/C17H24Cl2N2O/c1-2-14-6-3-4-10-21(14)11-5-9-20-17(22)15-8-7-13(18)12-16(15)19/h7-8,12,14H,2-6,9-11H2,1H3,(H,20,22)/t14-/m1/s1. The Hall–Kier alpha value is -0.770. The van der Waals surface area contributed by atoms with Gasteiger partial charge in [-0.2, -0.15) is 0 Å². The molecule has 1 fully saturated rings. The molecule has 0 radical (unpaired) electrons. The van der Waals surface area contributed by atoms with Gasteiger partial charge in [-0.25, -0.2) is 0 Å². The summed E-state index contributed by atoms with van der Waals surface area (Å²) in [6.07, 6.45) is 6.13. The molecular weight excluding hydrogens is 319 g/mol. The Kier molecular flexibility index (Phi) is 7.00. The van der Waals surface area contributed by atoms with Crippen molar-refractivity contribution in [2.75, 3.05) is 19.6 Å². The summed E-state index contributed by atoms with van der Waals surface area (Å²) in [4.78, 5) is 14.7. The maximum absolute atomic E-state index is 12.1. The fraction of sp³-hybridized carbons (Fsp3) is 0.588. The Balaban J connectivity index is 1.75. The van der Waals surface area contributed by atoms with E-state index in [0.717, 1.165) is 19.0 Å². The number of carbonyl (C=O) groups excluding carboxylic acids is 1. The third-order valence-electron chi connectivity index (χ3n) is 4.30. The maximum atomic E-state index is 12.1. The van der Waals surface area contributed by atoms with Crippen LogP contribution in [-0.4, -0.2) is 36.5 Å². The van der Waals surface area contributed by atoms with Crippen LogP contribution in [0.25, 0.3) is 0 Å². The van der Waals surface area contributed by atoms with Crippen LogP contribution in [0.2, 0.25) is 10.0 Å². The van der Waals surface area contributed by atoms with Crippen molar-refractivity contribution < 1.29 is 4.79 Å². The van der Waals surface area contributed by atoms with Crippen molar-refractivity contribution in [2.45, 2.75) is 45.1 Å². The lowest BCUT2D eigenvalue weighted by atomic mass is 10.00. The number of benzene rings is 1. The van der Waals surface area contributed by atoms with E-state index in [-0.39, 0.29) is 5.91 Å². The van der Waals surface area contributed by atoms with Crippen LogP contribution >= 0.6 is 23.2 Å². The maximum Gasteiger partial charge on any atom is 0.252 e. The molecule has 2 rings (SSSR count). The molecule has 1 aliphatic rings. The highest BCUT2D eigenvalue weighted by atomic mass is 35.5. The monoisotopic (exact) mass is 342 g/mol. The van der Waals surface area contributed by atoms with Crippen molar-refractivity contribution in [3.8, 4) is 0 Å². The molecule has 0 aliphatic carbocycles. The second-order valence-electron chi connectivity index (χ2n) is 5.83. The summed E-state index contributed by atoms with van der Waals surface area (Å²) in [5.74, 6) is -0.132. The molecule has 1 atom stereocenters. The zero-order valence-corrected chi connectivity index (χ0v) is 14.6. The quantitative estimate of drug-likeness (QED) is 0.778. The van der Waals surface area contributed by atoms with Crippen molar-refractivity contribution in [1.29, 1.82) is 0 Å². The Morgan fingerprint density at radius 3 is 2.91 bits per heavy atom. The van der Waals surface area contributed by atoms with Crippen LogP contribution in [-0.2, 0) is 0 Å². The SMILES string of the molecule is CC[C@@H]1CCCCN1CCCNC(=O)c1ccc(Cl)cc1Cl. The van der Waals surface area contributed by atoms with Gasteiger partial charge in [0.25, 0.3) is 5.91 Å². The zero-order valence-electron chi connectivity index (χ0n) is 13.1. The van der Waals surface area contributed by atoms with Gasteiger partial charge < -0.3 is 10.2 Å². The molecule has 0 unspecified atom stereocenters. The van der Waals surface area contributed by atoms with Gasteiger partial charge in [-0.1, -0.05) is 36.5 Å². The van der Waals surface area contributed by atoms with E-state index in [9.17, 15) is 4.79 Å². The van der Waals surface area contributed by atoms with Gasteiger partial charge >= 0.3 is 0 Å². The molecule has 0 bridgehead atoms. The molecule has 122 valence electrons. The number of likely N-dealkylation sites (tertiary alicyclic amines) is 1. The average Bonchev–Trinajstić information content (AvgIpc) is 2.51. The topological polar surface area (TPSA) is 32.3 Å². The highest BCUT2D eigenvalue weighted by Gasteiger charge is 2.20. The lowest BCUT2D eigenvalue weighted by Crippen LogP contribution is -2.40. The average molecular weight is 343 g/mol. The molecule has 1 aromatic rings. The number of piperidine rings is 1. The van der Waals surface area contributed by atoms with E-state index in [1.165, 1.54) is 32.2 Å². The predicted octanol–water partition coefficient (Wildman–Crippen LogP) is 4.38. The molecule has 1 aromatic carbocycles. The summed E-state index contributed by atoms with van der Waals surface area (Å²) in [5.41, 5.74) is 0.482. The predicted molar refractivity (Wildman–Crippen MR) is 92.9 cm³/mol. The number of nitrogens with one attached hydrogen (secondary N) is 1. The van der Waals surface area contributed by atoms with E-state index in [1.807, 2.05) is 0 Å². The minimum Gasteiger partial charge on any atom is -0.352 e. The number of carbonyl (C=O) groups is 1. The lowest BCUT2D eigenvalue weighted by molar-refractivity contribution is 0.0947. The van der Waals surface area contributed by atoms with E-state index in [4.69, 9.17) is 23.2 Å². The first-order valence-corrected chi connectivity index (χ1v) is 8.84. The van der Waals surface area contributed by atoms with Crippen LogP contribution in [0.15, 0.2) is 18.2 Å². The highest BCUT2D eigenvalue weighted by Crippen LogP contribution is 2.21. The number of hydrogen-bond donors (Lipinski definition) is 1. The summed E-state index contributed by atoms with van der Waals surface area (Å²) in [7, 11) is 0. The summed E-state index contributed by atoms with van der Waals surface area (Å²) >= 11 is 11.9. The van der Waals surface area contributed by atoms with E-state index >= 15 is 0 Å². The fourth-order valence-electron chi connectivity index (χ4n) is 3.07. The van der Waals surface area contributed by atoms with Crippen LogP contribution in [0.4, 0.5) is 0 Å². The first-order chi connectivity index (χ1) is 10.6. The van der Waals surface area contributed by atoms with Crippen molar-refractivity contribution in [3.63, 3.8) is 0 Å². The summed E-state index contributed by atoms with van der Waals surface area (Å²) in [6.45, 7) is 5.17. The first-order valence-electron chi connectivity index (χ1n) is 8.09. The number of rotatable bonds is 6. The van der Waals surface area contributed by atoms with E-state index in [0.29, 0.717) is 22.2 Å². The number of nitrogens with zero attached hydrogens (tertiary/aromatic N) is 1. The van der Waals surface area contributed by atoms with Crippen LogP contribution in [0.1, 0.15) is 49.4 Å². The normalized spacial score (nSPS) is 19.1. The third kappa shape index (κ3) is 4.87. The summed E-state index contributed by atoms with van der Waals surface area (Å²) in [6, 6.07) is 5.66. The molecule has 1 aliphatic heterocycles. The van der Waals surface area contributed by atoms with Crippen molar-refractivity contribution >= 4 is 29.1 Å². The second kappa shape index (κ2) is 8.76. The minimum atomic E-state index is -0.132.